The molecular formula is C18H21N3O3. The van der Waals surface area contributed by atoms with Gasteiger partial charge in [0.25, 0.3) is 0 Å². The Morgan fingerprint density at radius 2 is 2.29 bits per heavy atom. The highest BCUT2D eigenvalue weighted by molar-refractivity contribution is 5.89. The number of nitrogens with one attached hydrogen (secondary N) is 2. The minimum atomic E-state index is -0.0865. The zero-order valence-corrected chi connectivity index (χ0v) is 13.9. The maximum Gasteiger partial charge on any atom is 0.221 e. The van der Waals surface area contributed by atoms with Gasteiger partial charge in [0.2, 0.25) is 5.91 Å². The van der Waals surface area contributed by atoms with Crippen molar-refractivity contribution < 1.29 is 14.3 Å². The molecule has 0 atom stereocenters. The fraction of sp³-hybridized carbons (Fsp3) is 0.333. The van der Waals surface area contributed by atoms with Crippen molar-refractivity contribution in [2.45, 2.75) is 13.3 Å². The number of rotatable bonds is 6. The van der Waals surface area contributed by atoms with E-state index in [1.54, 1.807) is 7.11 Å². The number of fused-ring (bicyclic) bond motifs is 1. The molecule has 1 aromatic heterocycles. The quantitative estimate of drug-likeness (QED) is 0.798. The van der Waals surface area contributed by atoms with Crippen LogP contribution in [0, 0.1) is 0 Å². The summed E-state index contributed by atoms with van der Waals surface area (Å²) in [7, 11) is 1.67. The smallest absolute Gasteiger partial charge is 0.221 e. The van der Waals surface area contributed by atoms with Gasteiger partial charge in [0.05, 0.1) is 13.2 Å². The Morgan fingerprint density at radius 3 is 3.08 bits per heavy atom. The molecule has 3 rings (SSSR count). The van der Waals surface area contributed by atoms with E-state index in [9.17, 15) is 4.79 Å². The van der Waals surface area contributed by atoms with E-state index in [1.165, 1.54) is 6.92 Å². The van der Waals surface area contributed by atoms with Crippen molar-refractivity contribution >= 4 is 17.4 Å². The average Bonchev–Trinajstić information content (AvgIpc) is 3.04. The highest BCUT2D eigenvalue weighted by atomic mass is 16.5. The Bertz CT molecular complexity index is 746. The maximum atomic E-state index is 11.3. The first kappa shape index (κ1) is 16.3. The van der Waals surface area contributed by atoms with Gasteiger partial charge in [-0.3, -0.25) is 4.79 Å². The molecular weight excluding hydrogens is 306 g/mol. The van der Waals surface area contributed by atoms with Crippen molar-refractivity contribution in [3.8, 4) is 16.9 Å². The largest absolute Gasteiger partial charge is 0.489 e. The second-order valence-corrected chi connectivity index (χ2v) is 5.61. The van der Waals surface area contributed by atoms with Crippen LogP contribution in [0.25, 0.3) is 11.1 Å². The molecule has 0 fully saturated rings. The van der Waals surface area contributed by atoms with E-state index in [0.29, 0.717) is 19.8 Å². The zero-order chi connectivity index (χ0) is 16.9. The van der Waals surface area contributed by atoms with E-state index in [4.69, 9.17) is 9.47 Å². The molecule has 0 aliphatic carbocycles. The van der Waals surface area contributed by atoms with Crippen LogP contribution in [-0.2, 0) is 16.0 Å². The first-order chi connectivity index (χ1) is 11.7. The van der Waals surface area contributed by atoms with Crippen LogP contribution in [0.2, 0.25) is 0 Å². The highest BCUT2D eigenvalue weighted by Crippen LogP contribution is 2.39. The lowest BCUT2D eigenvalue weighted by atomic mass is 9.99. The van der Waals surface area contributed by atoms with E-state index in [1.807, 2.05) is 30.5 Å². The molecule has 0 bridgehead atoms. The van der Waals surface area contributed by atoms with E-state index >= 15 is 0 Å². The summed E-state index contributed by atoms with van der Waals surface area (Å²) >= 11 is 0. The van der Waals surface area contributed by atoms with E-state index in [2.05, 4.69) is 15.6 Å². The number of methoxy groups -OCH3 is 1. The van der Waals surface area contributed by atoms with Gasteiger partial charge in [-0.05, 0) is 17.7 Å². The number of carbonyl (C=O) groups is 1. The van der Waals surface area contributed by atoms with Gasteiger partial charge >= 0.3 is 0 Å². The topological polar surface area (TPSA) is 72.5 Å². The monoisotopic (exact) mass is 327 g/mol. The summed E-state index contributed by atoms with van der Waals surface area (Å²) in [6.07, 6.45) is 2.70. The molecule has 126 valence electrons. The lowest BCUT2D eigenvalue weighted by molar-refractivity contribution is -0.114. The average molecular weight is 327 g/mol. The van der Waals surface area contributed by atoms with Crippen LogP contribution < -0.4 is 15.4 Å². The predicted octanol–water partition coefficient (Wildman–Crippen LogP) is 2.70. The number of anilines is 2. The second kappa shape index (κ2) is 7.31. The van der Waals surface area contributed by atoms with E-state index in [-0.39, 0.29) is 5.91 Å². The van der Waals surface area contributed by atoms with Crippen LogP contribution >= 0.6 is 0 Å². The second-order valence-electron chi connectivity index (χ2n) is 5.61. The van der Waals surface area contributed by atoms with Crippen molar-refractivity contribution in [2.75, 3.05) is 37.5 Å². The fourth-order valence-electron chi connectivity index (χ4n) is 2.80. The molecule has 0 spiro atoms. The van der Waals surface area contributed by atoms with Crippen LogP contribution in [0.3, 0.4) is 0 Å². The number of hydrogen-bond donors (Lipinski definition) is 2. The van der Waals surface area contributed by atoms with Crippen molar-refractivity contribution in [3.05, 3.63) is 36.0 Å². The number of nitrogens with zero attached hydrogens (tertiary/aromatic N) is 1. The summed E-state index contributed by atoms with van der Waals surface area (Å²) in [4.78, 5) is 15.8. The third-order valence-corrected chi connectivity index (χ3v) is 3.83. The SMILES string of the molecule is COCCNc1ncc(-c2cccc(NC(C)=O)c2)c2c1OCC2. The normalized spacial score (nSPS) is 12.4. The molecule has 6 heteroatoms. The van der Waals surface area contributed by atoms with Crippen molar-refractivity contribution in [3.63, 3.8) is 0 Å². The molecule has 6 nitrogen and oxygen atoms in total. The summed E-state index contributed by atoms with van der Waals surface area (Å²) in [6.45, 7) is 3.44. The van der Waals surface area contributed by atoms with Crippen molar-refractivity contribution in [1.29, 1.82) is 0 Å². The molecule has 1 amide bonds. The Labute approximate surface area is 141 Å². The molecule has 0 saturated heterocycles. The summed E-state index contributed by atoms with van der Waals surface area (Å²) in [5.41, 5.74) is 3.96. The zero-order valence-electron chi connectivity index (χ0n) is 13.9. The minimum Gasteiger partial charge on any atom is -0.489 e. The van der Waals surface area contributed by atoms with Gasteiger partial charge in [-0.2, -0.15) is 0 Å². The first-order valence-electron chi connectivity index (χ1n) is 7.94. The summed E-state index contributed by atoms with van der Waals surface area (Å²) in [5.74, 6) is 1.48. The summed E-state index contributed by atoms with van der Waals surface area (Å²) in [5, 5.41) is 6.06. The molecule has 1 aliphatic heterocycles. The van der Waals surface area contributed by atoms with Crippen LogP contribution in [-0.4, -0.2) is 37.8 Å². The van der Waals surface area contributed by atoms with Gasteiger partial charge in [-0.15, -0.1) is 0 Å². The third-order valence-electron chi connectivity index (χ3n) is 3.83. The molecule has 0 unspecified atom stereocenters. The van der Waals surface area contributed by atoms with Crippen LogP contribution in [0.15, 0.2) is 30.5 Å². The predicted molar refractivity (Wildman–Crippen MR) is 93.5 cm³/mol. The number of benzene rings is 1. The van der Waals surface area contributed by atoms with Gasteiger partial charge in [0.1, 0.15) is 0 Å². The fourth-order valence-corrected chi connectivity index (χ4v) is 2.80. The highest BCUT2D eigenvalue weighted by Gasteiger charge is 2.22. The number of aromatic nitrogens is 1. The van der Waals surface area contributed by atoms with E-state index in [0.717, 1.165) is 40.4 Å². The Balaban J connectivity index is 1.92. The molecule has 1 aromatic carbocycles. The lowest BCUT2D eigenvalue weighted by Crippen LogP contribution is -2.10. The number of ether oxygens (including phenoxy) is 2. The lowest BCUT2D eigenvalue weighted by Gasteiger charge is -2.13. The number of hydrogen-bond acceptors (Lipinski definition) is 5. The molecule has 1 aliphatic rings. The van der Waals surface area contributed by atoms with Crippen molar-refractivity contribution in [1.82, 2.24) is 4.98 Å². The van der Waals surface area contributed by atoms with Crippen LogP contribution in [0.5, 0.6) is 5.75 Å². The number of pyridine rings is 1. The number of amides is 1. The van der Waals surface area contributed by atoms with Gasteiger partial charge in [0, 0.05) is 50.0 Å². The maximum absolute atomic E-state index is 11.3. The Morgan fingerprint density at radius 1 is 1.42 bits per heavy atom. The molecule has 0 radical (unpaired) electrons. The summed E-state index contributed by atoms with van der Waals surface area (Å²) in [6, 6.07) is 7.76. The van der Waals surface area contributed by atoms with Gasteiger partial charge in [-0.1, -0.05) is 12.1 Å². The van der Waals surface area contributed by atoms with Gasteiger partial charge < -0.3 is 20.1 Å². The number of carbonyl (C=O) groups excluding carboxylic acids is 1. The molecule has 2 N–H and O–H groups in total. The van der Waals surface area contributed by atoms with Gasteiger partial charge in [0.15, 0.2) is 11.6 Å². The standard InChI is InChI=1S/C18H21N3O3/c1-12(22)21-14-5-3-4-13(10-14)16-11-20-18(19-7-9-23-2)17-15(16)6-8-24-17/h3-5,10-11H,6-9H2,1-2H3,(H,19,20)(H,21,22). The molecule has 0 saturated carbocycles. The van der Waals surface area contributed by atoms with E-state index < -0.39 is 0 Å². The summed E-state index contributed by atoms with van der Waals surface area (Å²) < 4.78 is 10.8. The van der Waals surface area contributed by atoms with Gasteiger partial charge in [-0.25, -0.2) is 4.98 Å². The molecule has 2 heterocycles. The minimum absolute atomic E-state index is 0.0865. The Kier molecular flexibility index (Phi) is 4.96. The Hall–Kier alpha value is -2.60. The van der Waals surface area contributed by atoms with Crippen molar-refractivity contribution in [2.24, 2.45) is 0 Å². The van der Waals surface area contributed by atoms with Crippen LogP contribution in [0.1, 0.15) is 12.5 Å². The molecule has 2 aromatic rings. The van der Waals surface area contributed by atoms with Crippen LogP contribution in [0.4, 0.5) is 11.5 Å². The third kappa shape index (κ3) is 3.49. The first-order valence-corrected chi connectivity index (χ1v) is 7.94. The molecule has 24 heavy (non-hydrogen) atoms.